The molecule has 1 aliphatic heterocycles. The maximum absolute atomic E-state index is 13.7. The largest absolute Gasteiger partial charge is 0.334 e. The molecular formula is C15H15BrFN3O4. The number of hydrogen-bond acceptors (Lipinski definition) is 4. The van der Waals surface area contributed by atoms with Gasteiger partial charge in [-0.25, -0.2) is 14.1 Å². The van der Waals surface area contributed by atoms with Crippen molar-refractivity contribution in [1.82, 2.24) is 9.80 Å². The van der Waals surface area contributed by atoms with E-state index in [4.69, 9.17) is 0 Å². The summed E-state index contributed by atoms with van der Waals surface area (Å²) in [5, 5.41) is 2.27. The first kappa shape index (κ1) is 18.1. The molecule has 9 heteroatoms. The Hall–Kier alpha value is -2.29. The number of carbonyl (C=O) groups is 4. The van der Waals surface area contributed by atoms with E-state index in [9.17, 15) is 23.6 Å². The zero-order chi connectivity index (χ0) is 17.9. The molecule has 0 aromatic heterocycles. The van der Waals surface area contributed by atoms with Crippen molar-refractivity contribution in [3.05, 3.63) is 28.5 Å². The van der Waals surface area contributed by atoms with E-state index in [1.54, 1.807) is 0 Å². The number of benzene rings is 1. The Labute approximate surface area is 145 Å². The lowest BCUT2D eigenvalue weighted by Gasteiger charge is -2.15. The van der Waals surface area contributed by atoms with Gasteiger partial charge in [-0.05, 0) is 24.6 Å². The Morgan fingerprint density at radius 3 is 2.50 bits per heavy atom. The molecule has 7 nitrogen and oxygen atoms in total. The van der Waals surface area contributed by atoms with Crippen LogP contribution in [0.25, 0.3) is 0 Å². The predicted octanol–water partition coefficient (Wildman–Crippen LogP) is 2.12. The molecule has 24 heavy (non-hydrogen) atoms. The fourth-order valence-electron chi connectivity index (χ4n) is 2.13. The summed E-state index contributed by atoms with van der Waals surface area (Å²) in [6.07, 6.45) is 1.31. The van der Waals surface area contributed by atoms with Crippen molar-refractivity contribution in [1.29, 1.82) is 0 Å². The lowest BCUT2D eigenvalue weighted by molar-refractivity contribution is -0.143. The van der Waals surface area contributed by atoms with Gasteiger partial charge in [0, 0.05) is 11.0 Å². The number of halogens is 2. The molecule has 0 spiro atoms. The number of anilines is 1. The molecule has 1 heterocycles. The van der Waals surface area contributed by atoms with E-state index in [0.717, 1.165) is 17.4 Å². The van der Waals surface area contributed by atoms with Crippen LogP contribution in [0.5, 0.6) is 0 Å². The van der Waals surface area contributed by atoms with Crippen LogP contribution in [0, 0.1) is 5.82 Å². The van der Waals surface area contributed by atoms with Gasteiger partial charge >= 0.3 is 17.8 Å². The van der Waals surface area contributed by atoms with E-state index in [-0.39, 0.29) is 12.2 Å². The third kappa shape index (κ3) is 3.78. The molecule has 1 N–H and O–H groups in total. The van der Waals surface area contributed by atoms with Gasteiger partial charge in [0.05, 0.1) is 5.69 Å². The van der Waals surface area contributed by atoms with Crippen LogP contribution in [0.15, 0.2) is 22.7 Å². The standard InChI is InChI=1S/C15H15BrFN3O4/c1-2-3-6-19-13(22)14(23)20(15(19)24)8-12(21)18-11-5-4-9(16)7-10(11)17/h4-5,7H,2-3,6,8H2,1H3,(H,18,21). The van der Waals surface area contributed by atoms with Crippen LogP contribution in [-0.2, 0) is 14.4 Å². The molecule has 1 fully saturated rings. The Morgan fingerprint density at radius 2 is 1.88 bits per heavy atom. The Morgan fingerprint density at radius 1 is 1.21 bits per heavy atom. The molecule has 128 valence electrons. The normalized spacial score (nSPS) is 14.5. The van der Waals surface area contributed by atoms with Crippen molar-refractivity contribution >= 4 is 45.4 Å². The zero-order valence-corrected chi connectivity index (χ0v) is 14.4. The Kier molecular flexibility index (Phi) is 5.66. The number of unbranched alkanes of at least 4 members (excludes halogenated alkanes) is 1. The molecule has 0 aliphatic carbocycles. The van der Waals surface area contributed by atoms with Crippen molar-refractivity contribution in [2.45, 2.75) is 19.8 Å². The Bertz CT molecular complexity index is 710. The third-order valence-electron chi connectivity index (χ3n) is 3.38. The predicted molar refractivity (Wildman–Crippen MR) is 86.5 cm³/mol. The molecule has 1 saturated heterocycles. The van der Waals surface area contributed by atoms with E-state index in [1.807, 2.05) is 6.92 Å². The summed E-state index contributed by atoms with van der Waals surface area (Å²) >= 11 is 3.09. The summed E-state index contributed by atoms with van der Waals surface area (Å²) in [5.41, 5.74) is -0.0866. The number of imide groups is 2. The average molecular weight is 400 g/mol. The van der Waals surface area contributed by atoms with Gasteiger partial charge in [-0.1, -0.05) is 29.3 Å². The minimum Gasteiger partial charge on any atom is -0.322 e. The molecule has 0 saturated carbocycles. The van der Waals surface area contributed by atoms with E-state index in [0.29, 0.717) is 15.8 Å². The highest BCUT2D eigenvalue weighted by Gasteiger charge is 2.44. The van der Waals surface area contributed by atoms with Gasteiger partial charge in [-0.15, -0.1) is 0 Å². The van der Waals surface area contributed by atoms with Gasteiger partial charge in [-0.2, -0.15) is 0 Å². The topological polar surface area (TPSA) is 86.8 Å². The highest BCUT2D eigenvalue weighted by Crippen LogP contribution is 2.19. The number of hydrogen-bond donors (Lipinski definition) is 1. The lowest BCUT2D eigenvalue weighted by Crippen LogP contribution is -2.39. The molecular weight excluding hydrogens is 385 g/mol. The second-order valence-corrected chi connectivity index (χ2v) is 6.07. The van der Waals surface area contributed by atoms with E-state index in [1.165, 1.54) is 12.1 Å². The Balaban J connectivity index is 2.04. The smallest absolute Gasteiger partial charge is 0.322 e. The van der Waals surface area contributed by atoms with Gasteiger partial charge in [0.2, 0.25) is 5.91 Å². The molecule has 2 rings (SSSR count). The minimum atomic E-state index is -1.05. The summed E-state index contributed by atoms with van der Waals surface area (Å²) in [6.45, 7) is 1.35. The fraction of sp³-hybridized carbons (Fsp3) is 0.333. The van der Waals surface area contributed by atoms with Gasteiger partial charge < -0.3 is 5.32 Å². The van der Waals surface area contributed by atoms with Gasteiger partial charge in [-0.3, -0.25) is 19.3 Å². The van der Waals surface area contributed by atoms with Crippen LogP contribution in [0.3, 0.4) is 0 Å². The number of nitrogens with zero attached hydrogens (tertiary/aromatic N) is 2. The van der Waals surface area contributed by atoms with E-state index in [2.05, 4.69) is 21.2 Å². The van der Waals surface area contributed by atoms with Gasteiger partial charge in [0.25, 0.3) is 0 Å². The maximum atomic E-state index is 13.7. The minimum absolute atomic E-state index is 0.0866. The number of carbonyl (C=O) groups excluding carboxylic acids is 4. The highest BCUT2D eigenvalue weighted by atomic mass is 79.9. The van der Waals surface area contributed by atoms with Crippen LogP contribution in [0.2, 0.25) is 0 Å². The summed E-state index contributed by atoms with van der Waals surface area (Å²) < 4.78 is 14.2. The first-order chi connectivity index (χ1) is 11.3. The van der Waals surface area contributed by atoms with Crippen molar-refractivity contribution in [3.8, 4) is 0 Å². The van der Waals surface area contributed by atoms with Crippen molar-refractivity contribution in [2.75, 3.05) is 18.4 Å². The third-order valence-corrected chi connectivity index (χ3v) is 3.87. The average Bonchev–Trinajstić information content (AvgIpc) is 2.72. The van der Waals surface area contributed by atoms with Crippen LogP contribution < -0.4 is 5.32 Å². The summed E-state index contributed by atoms with van der Waals surface area (Å²) in [4.78, 5) is 49.0. The van der Waals surface area contributed by atoms with E-state index >= 15 is 0 Å². The number of rotatable bonds is 6. The molecule has 0 bridgehead atoms. The van der Waals surface area contributed by atoms with Crippen molar-refractivity contribution in [2.24, 2.45) is 0 Å². The number of amides is 5. The van der Waals surface area contributed by atoms with E-state index < -0.39 is 36.1 Å². The second-order valence-electron chi connectivity index (χ2n) is 5.16. The monoisotopic (exact) mass is 399 g/mol. The first-order valence-electron chi connectivity index (χ1n) is 7.27. The van der Waals surface area contributed by atoms with Crippen LogP contribution >= 0.6 is 15.9 Å². The van der Waals surface area contributed by atoms with Crippen LogP contribution in [0.4, 0.5) is 14.9 Å². The zero-order valence-electron chi connectivity index (χ0n) is 12.8. The van der Waals surface area contributed by atoms with Gasteiger partial charge in [0.15, 0.2) is 0 Å². The number of nitrogens with one attached hydrogen (secondary N) is 1. The maximum Gasteiger partial charge on any atom is 0.334 e. The molecule has 1 aliphatic rings. The van der Waals surface area contributed by atoms with Crippen molar-refractivity contribution < 1.29 is 23.6 Å². The second kappa shape index (κ2) is 7.52. The summed E-state index contributed by atoms with van der Waals surface area (Å²) in [7, 11) is 0. The lowest BCUT2D eigenvalue weighted by atomic mass is 10.3. The summed E-state index contributed by atoms with van der Waals surface area (Å²) in [6, 6.07) is 3.20. The molecule has 0 atom stereocenters. The molecule has 0 unspecified atom stereocenters. The quantitative estimate of drug-likeness (QED) is 0.586. The fourth-order valence-corrected chi connectivity index (χ4v) is 2.46. The van der Waals surface area contributed by atoms with Gasteiger partial charge in [0.1, 0.15) is 12.4 Å². The number of urea groups is 1. The van der Waals surface area contributed by atoms with Crippen LogP contribution in [0.1, 0.15) is 19.8 Å². The molecule has 1 aromatic rings. The molecule has 5 amide bonds. The molecule has 1 aromatic carbocycles. The molecule has 0 radical (unpaired) electrons. The van der Waals surface area contributed by atoms with Crippen LogP contribution in [-0.4, -0.2) is 46.6 Å². The summed E-state index contributed by atoms with van der Waals surface area (Å²) in [5.74, 6) is -3.45. The highest BCUT2D eigenvalue weighted by molar-refractivity contribution is 9.10. The SMILES string of the molecule is CCCCN1C(=O)C(=O)N(CC(=O)Nc2ccc(Br)cc2F)C1=O. The first-order valence-corrected chi connectivity index (χ1v) is 8.06. The van der Waals surface area contributed by atoms with Crippen molar-refractivity contribution in [3.63, 3.8) is 0 Å².